The van der Waals surface area contributed by atoms with Crippen LogP contribution in [-0.2, 0) is 6.42 Å². The monoisotopic (exact) mass is 321 g/mol. The van der Waals surface area contributed by atoms with Crippen molar-refractivity contribution in [2.75, 3.05) is 38.1 Å². The first-order valence-electron chi connectivity index (χ1n) is 8.92. The highest BCUT2D eigenvalue weighted by atomic mass is 31.1. The lowest BCUT2D eigenvalue weighted by Gasteiger charge is -2.38. The van der Waals surface area contributed by atoms with E-state index in [1.54, 1.807) is 0 Å². The summed E-state index contributed by atoms with van der Waals surface area (Å²) in [4.78, 5) is 4.66. The first-order valence-corrected chi connectivity index (χ1v) is 10.3. The summed E-state index contributed by atoms with van der Waals surface area (Å²) in [5.41, 5.74) is 6.23. The van der Waals surface area contributed by atoms with Gasteiger partial charge in [0.1, 0.15) is 11.6 Å². The number of aromatic nitrogens is 2. The van der Waals surface area contributed by atoms with Gasteiger partial charge in [-0.1, -0.05) is 19.3 Å². The van der Waals surface area contributed by atoms with Crippen molar-refractivity contribution in [1.29, 1.82) is 0 Å². The second-order valence-corrected chi connectivity index (χ2v) is 9.19. The zero-order valence-electron chi connectivity index (χ0n) is 13.5. The van der Waals surface area contributed by atoms with Gasteiger partial charge in [-0.25, -0.2) is 4.98 Å². The standard InChI is InChI=1S/C16H28N5P/c17-15-13-18-16(21(15)14-5-2-1-3-6-14)7-12-22(20-10-11-20)19-8-4-9-19/h13-14H,1-12,17H2. The number of nitrogen functional groups attached to an aromatic ring is 1. The first kappa shape index (κ1) is 14.9. The summed E-state index contributed by atoms with van der Waals surface area (Å²) in [7, 11) is -0.0548. The van der Waals surface area contributed by atoms with E-state index in [9.17, 15) is 0 Å². The number of hydrogen-bond donors (Lipinski definition) is 1. The van der Waals surface area contributed by atoms with E-state index < -0.39 is 0 Å². The number of hydrogen-bond acceptors (Lipinski definition) is 4. The van der Waals surface area contributed by atoms with Crippen LogP contribution in [0.15, 0.2) is 6.20 Å². The fourth-order valence-corrected chi connectivity index (χ4v) is 6.45. The lowest BCUT2D eigenvalue weighted by atomic mass is 9.95. The maximum Gasteiger partial charge on any atom is 0.123 e. The van der Waals surface area contributed by atoms with Crippen molar-refractivity contribution >= 4 is 14.0 Å². The van der Waals surface area contributed by atoms with Crippen LogP contribution in [0, 0.1) is 0 Å². The highest BCUT2D eigenvalue weighted by Gasteiger charge is 2.35. The molecule has 122 valence electrons. The summed E-state index contributed by atoms with van der Waals surface area (Å²) in [6.07, 6.45) is 12.2. The van der Waals surface area contributed by atoms with Gasteiger partial charge in [0.15, 0.2) is 0 Å². The average molecular weight is 321 g/mol. The van der Waals surface area contributed by atoms with Crippen LogP contribution in [0.1, 0.15) is 50.4 Å². The summed E-state index contributed by atoms with van der Waals surface area (Å²) in [5.74, 6) is 2.11. The summed E-state index contributed by atoms with van der Waals surface area (Å²) >= 11 is 0. The van der Waals surface area contributed by atoms with Crippen molar-refractivity contribution in [1.82, 2.24) is 18.9 Å². The molecule has 1 atom stereocenters. The van der Waals surface area contributed by atoms with E-state index in [1.165, 1.54) is 76.7 Å². The van der Waals surface area contributed by atoms with Gasteiger partial charge in [-0.3, -0.25) is 9.34 Å². The SMILES string of the molecule is Nc1cnc(CCP(N2CCC2)N2CC2)n1C1CCCCC1. The van der Waals surface area contributed by atoms with Gasteiger partial charge in [-0.15, -0.1) is 0 Å². The van der Waals surface area contributed by atoms with Crippen LogP contribution in [0.25, 0.3) is 0 Å². The molecule has 1 aromatic rings. The Morgan fingerprint density at radius 1 is 1.05 bits per heavy atom. The summed E-state index contributed by atoms with van der Waals surface area (Å²) in [6, 6.07) is 0.600. The predicted octanol–water partition coefficient (Wildman–Crippen LogP) is 2.85. The minimum atomic E-state index is -0.0548. The van der Waals surface area contributed by atoms with Gasteiger partial charge < -0.3 is 10.3 Å². The number of anilines is 1. The zero-order valence-corrected chi connectivity index (χ0v) is 14.3. The molecule has 4 rings (SSSR count). The Balaban J connectivity index is 1.43. The molecule has 3 aliphatic rings. The van der Waals surface area contributed by atoms with Crippen LogP contribution < -0.4 is 5.73 Å². The maximum atomic E-state index is 6.23. The summed E-state index contributed by atoms with van der Waals surface area (Å²) in [5, 5.41) is 0. The van der Waals surface area contributed by atoms with Crippen molar-refractivity contribution in [2.45, 2.75) is 51.0 Å². The van der Waals surface area contributed by atoms with E-state index in [2.05, 4.69) is 18.9 Å². The van der Waals surface area contributed by atoms with Crippen molar-refractivity contribution in [3.05, 3.63) is 12.0 Å². The van der Waals surface area contributed by atoms with Crippen LogP contribution in [-0.4, -0.2) is 51.2 Å². The molecule has 1 saturated carbocycles. The molecule has 2 saturated heterocycles. The molecular formula is C16H28N5P. The second kappa shape index (κ2) is 6.46. The third kappa shape index (κ3) is 3.04. The van der Waals surface area contributed by atoms with E-state index in [0.29, 0.717) is 6.04 Å². The molecule has 22 heavy (non-hydrogen) atoms. The molecular weight excluding hydrogens is 293 g/mol. The largest absolute Gasteiger partial charge is 0.384 e. The lowest BCUT2D eigenvalue weighted by Crippen LogP contribution is -2.35. The van der Waals surface area contributed by atoms with Gasteiger partial charge in [0, 0.05) is 53.0 Å². The smallest absolute Gasteiger partial charge is 0.123 e. The van der Waals surface area contributed by atoms with Crippen molar-refractivity contribution in [2.24, 2.45) is 0 Å². The minimum Gasteiger partial charge on any atom is -0.384 e. The maximum absolute atomic E-state index is 6.23. The molecule has 0 bridgehead atoms. The molecule has 5 nitrogen and oxygen atoms in total. The third-order valence-electron chi connectivity index (χ3n) is 5.29. The number of rotatable bonds is 6. The molecule has 0 aromatic carbocycles. The van der Waals surface area contributed by atoms with Gasteiger partial charge in [0.2, 0.25) is 0 Å². The van der Waals surface area contributed by atoms with Crippen molar-refractivity contribution in [3.63, 3.8) is 0 Å². The van der Waals surface area contributed by atoms with Gasteiger partial charge in [0.05, 0.1) is 6.20 Å². The fourth-order valence-electron chi connectivity index (χ4n) is 3.83. The molecule has 2 N–H and O–H groups in total. The number of aryl methyl sites for hydroxylation is 1. The van der Waals surface area contributed by atoms with Crippen LogP contribution in [0.5, 0.6) is 0 Å². The van der Waals surface area contributed by atoms with Gasteiger partial charge in [-0.2, -0.15) is 0 Å². The van der Waals surface area contributed by atoms with Crippen molar-refractivity contribution in [3.8, 4) is 0 Å². The van der Waals surface area contributed by atoms with Gasteiger partial charge in [0.25, 0.3) is 0 Å². The molecule has 1 aliphatic carbocycles. The van der Waals surface area contributed by atoms with Gasteiger partial charge in [-0.05, 0) is 19.3 Å². The van der Waals surface area contributed by atoms with E-state index >= 15 is 0 Å². The normalized spacial score (nSPS) is 25.1. The third-order valence-corrected chi connectivity index (χ3v) is 8.02. The quantitative estimate of drug-likeness (QED) is 0.646. The highest BCUT2D eigenvalue weighted by Crippen LogP contribution is 2.51. The van der Waals surface area contributed by atoms with Crippen LogP contribution in [0.4, 0.5) is 5.82 Å². The fraction of sp³-hybridized carbons (Fsp3) is 0.812. The summed E-state index contributed by atoms with van der Waals surface area (Å²) < 4.78 is 7.72. The number of imidazole rings is 1. The zero-order chi connectivity index (χ0) is 14.9. The molecule has 0 spiro atoms. The number of nitrogens with two attached hydrogens (primary N) is 1. The average Bonchev–Trinajstić information content (AvgIpc) is 3.26. The predicted molar refractivity (Wildman–Crippen MR) is 92.0 cm³/mol. The van der Waals surface area contributed by atoms with Gasteiger partial charge >= 0.3 is 0 Å². The Labute approximate surface area is 134 Å². The Morgan fingerprint density at radius 3 is 2.41 bits per heavy atom. The Kier molecular flexibility index (Phi) is 4.38. The molecule has 1 unspecified atom stereocenters. The van der Waals surface area contributed by atoms with E-state index in [1.807, 2.05) is 6.20 Å². The van der Waals surface area contributed by atoms with E-state index in [-0.39, 0.29) is 8.22 Å². The molecule has 3 heterocycles. The summed E-state index contributed by atoms with van der Waals surface area (Å²) in [6.45, 7) is 5.23. The molecule has 1 aromatic heterocycles. The Bertz CT molecular complexity index is 503. The molecule has 0 radical (unpaired) electrons. The minimum absolute atomic E-state index is 0.0548. The molecule has 6 heteroatoms. The Morgan fingerprint density at radius 2 is 1.77 bits per heavy atom. The van der Waals surface area contributed by atoms with Crippen LogP contribution in [0.2, 0.25) is 0 Å². The van der Waals surface area contributed by atoms with E-state index in [4.69, 9.17) is 5.73 Å². The number of nitrogens with zero attached hydrogens (tertiary/aromatic N) is 4. The van der Waals surface area contributed by atoms with E-state index in [0.717, 1.165) is 12.2 Å². The topological polar surface area (TPSA) is 50.1 Å². The van der Waals surface area contributed by atoms with Crippen molar-refractivity contribution < 1.29 is 0 Å². The highest BCUT2D eigenvalue weighted by molar-refractivity contribution is 7.53. The van der Waals surface area contributed by atoms with Crippen LogP contribution >= 0.6 is 8.22 Å². The molecule has 3 fully saturated rings. The second-order valence-electron chi connectivity index (χ2n) is 6.87. The molecule has 2 aliphatic heterocycles. The molecule has 0 amide bonds. The Hall–Kier alpha value is -0.640. The lowest BCUT2D eigenvalue weighted by molar-refractivity contribution is 0.321. The first-order chi connectivity index (χ1) is 10.8. The van der Waals surface area contributed by atoms with Crippen LogP contribution in [0.3, 0.4) is 0 Å².